The van der Waals surface area contributed by atoms with Gasteiger partial charge in [-0.3, -0.25) is 0 Å². The molecule has 0 nitrogen and oxygen atoms in total. The molecule has 0 saturated carbocycles. The van der Waals surface area contributed by atoms with Gasteiger partial charge in [0.2, 0.25) is 0 Å². The van der Waals surface area contributed by atoms with Crippen LogP contribution in [0.4, 0.5) is 0 Å². The summed E-state index contributed by atoms with van der Waals surface area (Å²) in [4.78, 5) is 0. The fraction of sp³-hybridized carbons (Fsp3) is 0.500. The van der Waals surface area contributed by atoms with Gasteiger partial charge in [0, 0.05) is 6.42 Å². The summed E-state index contributed by atoms with van der Waals surface area (Å²) in [5.74, 6) is 2.43. The number of hydrogen-bond donors (Lipinski definition) is 0. The smallest absolute Gasteiger partial charge is 0.120 e. The summed E-state index contributed by atoms with van der Waals surface area (Å²) >= 11 is 0. The molecule has 0 aromatic heterocycles. The van der Waals surface area contributed by atoms with Crippen molar-refractivity contribution in [2.24, 2.45) is 0 Å². The van der Waals surface area contributed by atoms with Crippen LogP contribution < -0.4 is 0 Å². The zero-order valence-corrected chi connectivity index (χ0v) is 4.03. The zero-order chi connectivity index (χ0) is 3.41. The molecule has 0 fully saturated rings. The zero-order valence-electron chi connectivity index (χ0n) is 3.09. The molecular weight excluding hydrogens is 112 g/mol. The van der Waals surface area contributed by atoms with Crippen molar-refractivity contribution in [3.05, 3.63) is 0 Å². The predicted molar refractivity (Wildman–Crippen MR) is 19.1 cm³/mol. The second kappa shape index (κ2) is 8.95. The van der Waals surface area contributed by atoms with Gasteiger partial charge < -0.3 is 0 Å². The van der Waals surface area contributed by atoms with E-state index in [9.17, 15) is 0 Å². The van der Waals surface area contributed by atoms with E-state index in [-0.39, 0.29) is 17.1 Å². The third-order valence-electron chi connectivity index (χ3n) is 0.204. The van der Waals surface area contributed by atoms with Gasteiger partial charge in [-0.15, -0.1) is 12.3 Å². The van der Waals surface area contributed by atoms with Crippen LogP contribution in [0.25, 0.3) is 0 Å². The fourth-order valence-electron chi connectivity index (χ4n) is 0. The Morgan fingerprint density at radius 1 is 1.80 bits per heavy atom. The van der Waals surface area contributed by atoms with Crippen LogP contribution in [0.5, 0.6) is 0 Å². The molecule has 0 radical (unpaired) electrons. The van der Waals surface area contributed by atoms with E-state index >= 15 is 0 Å². The van der Waals surface area contributed by atoms with E-state index < -0.39 is 0 Å². The Labute approximate surface area is 43.4 Å². The van der Waals surface area contributed by atoms with Crippen LogP contribution in [0.2, 0.25) is 0 Å². The van der Waals surface area contributed by atoms with E-state index in [4.69, 9.17) is 6.42 Å². The Bertz CT molecular complexity index is 33.4. The van der Waals surface area contributed by atoms with E-state index in [1.807, 2.05) is 6.92 Å². The molecule has 0 aliphatic carbocycles. The minimum atomic E-state index is 0. The quantitative estimate of drug-likeness (QED) is 0.329. The maximum atomic E-state index is 4.78. The molecule has 0 atom stereocenters. The van der Waals surface area contributed by atoms with Crippen molar-refractivity contribution in [2.75, 3.05) is 0 Å². The Hall–Kier alpha value is 0.0795. The van der Waals surface area contributed by atoms with E-state index in [2.05, 4.69) is 5.92 Å². The van der Waals surface area contributed by atoms with Crippen LogP contribution >= 0.6 is 0 Å². The summed E-state index contributed by atoms with van der Waals surface area (Å²) in [5.41, 5.74) is 0. The molecule has 5 heavy (non-hydrogen) atoms. The molecule has 0 spiro atoms. The maximum Gasteiger partial charge on any atom is 1.00 e. The molecule has 0 heterocycles. The molecule has 0 aromatic carbocycles. The SMILES string of the molecule is C#CCC.[Cu+]. The molecule has 32 valence electrons. The van der Waals surface area contributed by atoms with E-state index in [1.165, 1.54) is 0 Å². The Kier molecular flexibility index (Phi) is 15.9. The van der Waals surface area contributed by atoms with Gasteiger partial charge in [0.25, 0.3) is 0 Å². The van der Waals surface area contributed by atoms with Gasteiger partial charge in [0.15, 0.2) is 0 Å². The summed E-state index contributed by atoms with van der Waals surface area (Å²) in [7, 11) is 0. The largest absolute Gasteiger partial charge is 1.00 e. The minimum Gasteiger partial charge on any atom is -0.120 e. The van der Waals surface area contributed by atoms with Crippen molar-refractivity contribution in [3.8, 4) is 12.3 Å². The van der Waals surface area contributed by atoms with E-state index in [0.29, 0.717) is 0 Å². The van der Waals surface area contributed by atoms with Crippen LogP contribution in [0, 0.1) is 12.3 Å². The van der Waals surface area contributed by atoms with Gasteiger partial charge in [-0.05, 0) is 0 Å². The molecule has 0 amide bonds. The second-order valence-corrected chi connectivity index (χ2v) is 0.558. The van der Waals surface area contributed by atoms with Crippen molar-refractivity contribution in [3.63, 3.8) is 0 Å². The van der Waals surface area contributed by atoms with Crippen molar-refractivity contribution in [1.82, 2.24) is 0 Å². The van der Waals surface area contributed by atoms with Crippen LogP contribution in [0.3, 0.4) is 0 Å². The van der Waals surface area contributed by atoms with E-state index in [0.717, 1.165) is 6.42 Å². The number of rotatable bonds is 0. The normalized spacial score (nSPS) is 4.00. The van der Waals surface area contributed by atoms with Crippen LogP contribution in [0.1, 0.15) is 13.3 Å². The fourth-order valence-corrected chi connectivity index (χ4v) is 0. The van der Waals surface area contributed by atoms with Gasteiger partial charge in [0.1, 0.15) is 0 Å². The Morgan fingerprint density at radius 3 is 2.00 bits per heavy atom. The molecule has 0 aromatic rings. The maximum absolute atomic E-state index is 4.78. The first-order valence-electron chi connectivity index (χ1n) is 1.35. The molecular formula is C4H6Cu+. The molecule has 0 bridgehead atoms. The third-order valence-corrected chi connectivity index (χ3v) is 0.204. The monoisotopic (exact) mass is 117 g/mol. The second-order valence-electron chi connectivity index (χ2n) is 0.558. The molecule has 0 N–H and O–H groups in total. The Morgan fingerprint density at radius 2 is 2.00 bits per heavy atom. The standard InChI is InChI=1S/C4H6.Cu/c1-3-4-2;/h1H,4H2,2H3;/q;+1. The molecule has 0 rings (SSSR count). The average Bonchev–Trinajstić information content (AvgIpc) is 1.37. The summed E-state index contributed by atoms with van der Waals surface area (Å²) in [6.07, 6.45) is 5.62. The first-order valence-corrected chi connectivity index (χ1v) is 1.35. The van der Waals surface area contributed by atoms with Crippen LogP contribution in [-0.2, 0) is 17.1 Å². The molecule has 0 aliphatic heterocycles. The first-order chi connectivity index (χ1) is 1.91. The van der Waals surface area contributed by atoms with Crippen molar-refractivity contribution in [2.45, 2.75) is 13.3 Å². The summed E-state index contributed by atoms with van der Waals surface area (Å²) in [6.45, 7) is 1.94. The first kappa shape index (κ1) is 8.91. The van der Waals surface area contributed by atoms with Gasteiger partial charge in [0.05, 0.1) is 0 Å². The summed E-state index contributed by atoms with van der Waals surface area (Å²) in [6, 6.07) is 0. The van der Waals surface area contributed by atoms with Crippen molar-refractivity contribution >= 4 is 0 Å². The molecule has 0 unspecified atom stereocenters. The van der Waals surface area contributed by atoms with Crippen LogP contribution in [0.15, 0.2) is 0 Å². The van der Waals surface area contributed by atoms with Gasteiger partial charge in [-0.2, -0.15) is 0 Å². The predicted octanol–water partition coefficient (Wildman–Crippen LogP) is 1.03. The van der Waals surface area contributed by atoms with Crippen LogP contribution in [-0.4, -0.2) is 0 Å². The van der Waals surface area contributed by atoms with Crippen molar-refractivity contribution < 1.29 is 17.1 Å². The minimum absolute atomic E-state index is 0. The number of hydrogen-bond acceptors (Lipinski definition) is 0. The molecule has 0 saturated heterocycles. The summed E-state index contributed by atoms with van der Waals surface area (Å²) < 4.78 is 0. The van der Waals surface area contributed by atoms with Gasteiger partial charge in [-0.1, -0.05) is 6.92 Å². The van der Waals surface area contributed by atoms with Crippen molar-refractivity contribution in [1.29, 1.82) is 0 Å². The van der Waals surface area contributed by atoms with Gasteiger partial charge >= 0.3 is 17.1 Å². The Balaban J connectivity index is 0. The van der Waals surface area contributed by atoms with Gasteiger partial charge in [-0.25, -0.2) is 0 Å². The average molecular weight is 118 g/mol. The van der Waals surface area contributed by atoms with E-state index in [1.54, 1.807) is 0 Å². The summed E-state index contributed by atoms with van der Waals surface area (Å²) in [5, 5.41) is 0. The number of terminal acetylenes is 1. The molecule has 1 heteroatoms. The molecule has 0 aliphatic rings. The topological polar surface area (TPSA) is 0 Å². The third kappa shape index (κ3) is 15.1.